The second kappa shape index (κ2) is 5.86. The molecule has 3 heteroatoms. The maximum atomic E-state index is 11.3. The van der Waals surface area contributed by atoms with Crippen LogP contribution in [0.15, 0.2) is 43.0 Å². The molecule has 0 spiro atoms. The van der Waals surface area contributed by atoms with E-state index >= 15 is 0 Å². The molecule has 0 aliphatic rings. The minimum atomic E-state index is -0.604. The van der Waals surface area contributed by atoms with Gasteiger partial charge in [0, 0.05) is 0 Å². The Labute approximate surface area is 89.3 Å². The summed E-state index contributed by atoms with van der Waals surface area (Å²) in [6.07, 6.45) is 0.917. The second-order valence-corrected chi connectivity index (χ2v) is 2.99. The molecule has 15 heavy (non-hydrogen) atoms. The zero-order chi connectivity index (χ0) is 11.1. The Bertz CT molecular complexity index is 319. The minimum Gasteiger partial charge on any atom is -0.479 e. The third-order valence-electron chi connectivity index (χ3n) is 1.73. The van der Waals surface area contributed by atoms with Crippen molar-refractivity contribution in [2.24, 2.45) is 0 Å². The van der Waals surface area contributed by atoms with E-state index in [1.54, 1.807) is 19.1 Å². The summed E-state index contributed by atoms with van der Waals surface area (Å²) in [6.45, 7) is 5.32. The number of carbonyl (C=O) groups is 1. The van der Waals surface area contributed by atoms with E-state index in [0.29, 0.717) is 5.75 Å². The Balaban J connectivity index is 2.45. The number of esters is 1. The van der Waals surface area contributed by atoms with Crippen LogP contribution in [-0.2, 0) is 9.53 Å². The van der Waals surface area contributed by atoms with Gasteiger partial charge in [-0.3, -0.25) is 0 Å². The summed E-state index contributed by atoms with van der Waals surface area (Å²) in [4.78, 5) is 11.3. The molecule has 0 fully saturated rings. The predicted molar refractivity (Wildman–Crippen MR) is 57.7 cm³/mol. The van der Waals surface area contributed by atoms with Crippen molar-refractivity contribution in [3.05, 3.63) is 43.0 Å². The molecular weight excluding hydrogens is 192 g/mol. The maximum absolute atomic E-state index is 11.3. The first kappa shape index (κ1) is 11.3. The fourth-order valence-electron chi connectivity index (χ4n) is 1.01. The van der Waals surface area contributed by atoms with Gasteiger partial charge < -0.3 is 9.47 Å². The van der Waals surface area contributed by atoms with Crippen molar-refractivity contribution in [3.63, 3.8) is 0 Å². The number of hydrogen-bond donors (Lipinski definition) is 0. The smallest absolute Gasteiger partial charge is 0.347 e. The summed E-state index contributed by atoms with van der Waals surface area (Å²) in [5, 5.41) is 0. The summed E-state index contributed by atoms with van der Waals surface area (Å²) in [7, 11) is 0. The van der Waals surface area contributed by atoms with Crippen LogP contribution >= 0.6 is 0 Å². The van der Waals surface area contributed by atoms with Crippen molar-refractivity contribution in [1.82, 2.24) is 0 Å². The molecule has 0 saturated carbocycles. The highest BCUT2D eigenvalue weighted by atomic mass is 16.6. The summed E-state index contributed by atoms with van der Waals surface area (Å²) in [6, 6.07) is 9.15. The van der Waals surface area contributed by atoms with Crippen LogP contribution in [0, 0.1) is 0 Å². The third kappa shape index (κ3) is 3.85. The Kier molecular flexibility index (Phi) is 4.41. The molecule has 0 N–H and O–H groups in total. The highest BCUT2D eigenvalue weighted by Gasteiger charge is 2.15. The number of hydrogen-bond acceptors (Lipinski definition) is 3. The Morgan fingerprint density at radius 2 is 2.13 bits per heavy atom. The molecule has 0 amide bonds. The summed E-state index contributed by atoms with van der Waals surface area (Å²) in [5.41, 5.74) is 0. The summed E-state index contributed by atoms with van der Waals surface area (Å²) >= 11 is 0. The number of rotatable bonds is 5. The van der Waals surface area contributed by atoms with Gasteiger partial charge in [-0.05, 0) is 19.1 Å². The van der Waals surface area contributed by atoms with Crippen LogP contribution in [0.5, 0.6) is 5.75 Å². The first-order chi connectivity index (χ1) is 7.24. The number of carbonyl (C=O) groups excluding carboxylic acids is 1. The van der Waals surface area contributed by atoms with Gasteiger partial charge in [0.05, 0.1) is 0 Å². The first-order valence-corrected chi connectivity index (χ1v) is 4.73. The maximum Gasteiger partial charge on any atom is 0.347 e. The lowest BCUT2D eigenvalue weighted by Gasteiger charge is -2.12. The molecule has 0 heterocycles. The molecule has 0 aliphatic carbocycles. The SMILES string of the molecule is C=CCOC(=O)C(C)Oc1ccccc1. The van der Waals surface area contributed by atoms with E-state index in [1.807, 2.05) is 18.2 Å². The molecule has 1 atom stereocenters. The molecule has 0 saturated heterocycles. The van der Waals surface area contributed by atoms with E-state index in [9.17, 15) is 4.79 Å². The molecule has 0 bridgehead atoms. The van der Waals surface area contributed by atoms with Gasteiger partial charge in [0.2, 0.25) is 0 Å². The van der Waals surface area contributed by atoms with Crippen LogP contribution in [-0.4, -0.2) is 18.7 Å². The van der Waals surface area contributed by atoms with Crippen molar-refractivity contribution >= 4 is 5.97 Å². The van der Waals surface area contributed by atoms with Gasteiger partial charge in [0.25, 0.3) is 0 Å². The molecule has 0 aliphatic heterocycles. The van der Waals surface area contributed by atoms with Gasteiger partial charge in [-0.25, -0.2) is 4.79 Å². The molecule has 1 rings (SSSR count). The largest absolute Gasteiger partial charge is 0.479 e. The molecule has 1 aromatic rings. The van der Waals surface area contributed by atoms with E-state index in [1.165, 1.54) is 6.08 Å². The van der Waals surface area contributed by atoms with Crippen LogP contribution in [0.2, 0.25) is 0 Å². The highest BCUT2D eigenvalue weighted by molar-refractivity contribution is 5.74. The lowest BCUT2D eigenvalue weighted by atomic mass is 10.3. The van der Waals surface area contributed by atoms with E-state index in [-0.39, 0.29) is 6.61 Å². The van der Waals surface area contributed by atoms with Crippen molar-refractivity contribution in [3.8, 4) is 5.75 Å². The molecule has 0 aromatic heterocycles. The van der Waals surface area contributed by atoms with E-state index in [4.69, 9.17) is 9.47 Å². The summed E-state index contributed by atoms with van der Waals surface area (Å²) in [5.74, 6) is 0.263. The Hall–Kier alpha value is -1.77. The minimum absolute atomic E-state index is 0.210. The van der Waals surface area contributed by atoms with Gasteiger partial charge in [-0.2, -0.15) is 0 Å². The van der Waals surface area contributed by atoms with Gasteiger partial charge in [-0.1, -0.05) is 30.9 Å². The standard InChI is InChI=1S/C12H14O3/c1-3-9-14-12(13)10(2)15-11-7-5-4-6-8-11/h3-8,10H,1,9H2,2H3. The van der Waals surface area contributed by atoms with Gasteiger partial charge in [0.1, 0.15) is 12.4 Å². The van der Waals surface area contributed by atoms with Gasteiger partial charge >= 0.3 is 5.97 Å². The predicted octanol–water partition coefficient (Wildman–Crippen LogP) is 2.18. The third-order valence-corrected chi connectivity index (χ3v) is 1.73. The average molecular weight is 206 g/mol. The summed E-state index contributed by atoms with van der Waals surface area (Å²) < 4.78 is 10.2. The molecule has 0 radical (unpaired) electrons. The Morgan fingerprint density at radius 1 is 1.47 bits per heavy atom. The van der Waals surface area contributed by atoms with E-state index < -0.39 is 12.1 Å². The van der Waals surface area contributed by atoms with Crippen LogP contribution in [0.3, 0.4) is 0 Å². The zero-order valence-corrected chi connectivity index (χ0v) is 8.68. The normalized spacial score (nSPS) is 11.5. The van der Waals surface area contributed by atoms with Gasteiger partial charge in [-0.15, -0.1) is 0 Å². The lowest BCUT2D eigenvalue weighted by Crippen LogP contribution is -2.26. The van der Waals surface area contributed by atoms with Crippen molar-refractivity contribution in [1.29, 1.82) is 0 Å². The van der Waals surface area contributed by atoms with E-state index in [0.717, 1.165) is 0 Å². The quantitative estimate of drug-likeness (QED) is 0.547. The fraction of sp³-hybridized carbons (Fsp3) is 0.250. The zero-order valence-electron chi connectivity index (χ0n) is 8.68. The second-order valence-electron chi connectivity index (χ2n) is 2.99. The molecule has 1 unspecified atom stereocenters. The topological polar surface area (TPSA) is 35.5 Å². The number of benzene rings is 1. The first-order valence-electron chi connectivity index (χ1n) is 4.73. The van der Waals surface area contributed by atoms with Crippen LogP contribution < -0.4 is 4.74 Å². The van der Waals surface area contributed by atoms with Gasteiger partial charge in [0.15, 0.2) is 6.10 Å². The molecular formula is C12H14O3. The van der Waals surface area contributed by atoms with Crippen molar-refractivity contribution < 1.29 is 14.3 Å². The lowest BCUT2D eigenvalue weighted by molar-refractivity contribution is -0.149. The average Bonchev–Trinajstić information content (AvgIpc) is 2.27. The fourth-order valence-corrected chi connectivity index (χ4v) is 1.01. The van der Waals surface area contributed by atoms with E-state index in [2.05, 4.69) is 6.58 Å². The molecule has 80 valence electrons. The van der Waals surface area contributed by atoms with Crippen LogP contribution in [0.4, 0.5) is 0 Å². The van der Waals surface area contributed by atoms with Crippen molar-refractivity contribution in [2.45, 2.75) is 13.0 Å². The van der Waals surface area contributed by atoms with Crippen LogP contribution in [0.25, 0.3) is 0 Å². The highest BCUT2D eigenvalue weighted by Crippen LogP contribution is 2.11. The van der Waals surface area contributed by atoms with Crippen molar-refractivity contribution in [2.75, 3.05) is 6.61 Å². The molecule has 1 aromatic carbocycles. The monoisotopic (exact) mass is 206 g/mol. The number of para-hydroxylation sites is 1. The Morgan fingerprint density at radius 3 is 2.73 bits per heavy atom. The van der Waals surface area contributed by atoms with Crippen LogP contribution in [0.1, 0.15) is 6.92 Å². The molecule has 3 nitrogen and oxygen atoms in total. The number of ether oxygens (including phenoxy) is 2.